The van der Waals surface area contributed by atoms with E-state index in [0.29, 0.717) is 25.5 Å². The minimum Gasteiger partial charge on any atom is -0.378 e. The van der Waals surface area contributed by atoms with Crippen LogP contribution in [0.4, 0.5) is 8.78 Å². The standard InChI is InChI=1S/C13H13F2N3O2/c14-9-3-8(4-10(15)5-9)13-17-12(20-18-13)6-11-7-19-2-1-16-11/h3-5,11,16H,1-2,6-7H2. The molecule has 1 aliphatic heterocycles. The van der Waals surface area contributed by atoms with Gasteiger partial charge in [0.2, 0.25) is 11.7 Å². The lowest BCUT2D eigenvalue weighted by molar-refractivity contribution is 0.0744. The average molecular weight is 281 g/mol. The van der Waals surface area contributed by atoms with Gasteiger partial charge in [-0.15, -0.1) is 0 Å². The molecule has 0 bridgehead atoms. The first kappa shape index (κ1) is 13.1. The lowest BCUT2D eigenvalue weighted by atomic mass is 10.2. The first-order valence-electron chi connectivity index (χ1n) is 6.31. The third-order valence-electron chi connectivity index (χ3n) is 3.01. The number of halogens is 2. The molecule has 0 aliphatic carbocycles. The predicted molar refractivity (Wildman–Crippen MR) is 66.0 cm³/mol. The monoisotopic (exact) mass is 281 g/mol. The van der Waals surface area contributed by atoms with Gasteiger partial charge in [-0.25, -0.2) is 8.78 Å². The molecule has 1 saturated heterocycles. The van der Waals surface area contributed by atoms with Crippen molar-refractivity contribution in [2.75, 3.05) is 19.8 Å². The second-order valence-electron chi connectivity index (χ2n) is 4.60. The number of nitrogens with one attached hydrogen (secondary N) is 1. The van der Waals surface area contributed by atoms with Gasteiger partial charge in [-0.05, 0) is 12.1 Å². The molecule has 1 N–H and O–H groups in total. The lowest BCUT2D eigenvalue weighted by Crippen LogP contribution is -2.42. The molecule has 1 unspecified atom stereocenters. The Morgan fingerprint density at radius 1 is 1.25 bits per heavy atom. The highest BCUT2D eigenvalue weighted by molar-refractivity contribution is 5.54. The summed E-state index contributed by atoms with van der Waals surface area (Å²) in [5.41, 5.74) is 0.255. The predicted octanol–water partition coefficient (Wildman–Crippen LogP) is 1.55. The van der Waals surface area contributed by atoms with Crippen molar-refractivity contribution in [3.05, 3.63) is 35.7 Å². The molecule has 106 valence electrons. The summed E-state index contributed by atoms with van der Waals surface area (Å²) in [6.07, 6.45) is 0.519. The summed E-state index contributed by atoms with van der Waals surface area (Å²) in [4.78, 5) is 4.15. The molecule has 0 amide bonds. The molecular weight excluding hydrogens is 268 g/mol. The van der Waals surface area contributed by atoms with Gasteiger partial charge in [-0.1, -0.05) is 5.16 Å². The number of hydrogen-bond donors (Lipinski definition) is 1. The second-order valence-corrected chi connectivity index (χ2v) is 4.60. The fraction of sp³-hybridized carbons (Fsp3) is 0.385. The molecular formula is C13H13F2N3O2. The summed E-state index contributed by atoms with van der Waals surface area (Å²) in [5, 5.41) is 7.01. The zero-order valence-electron chi connectivity index (χ0n) is 10.6. The van der Waals surface area contributed by atoms with E-state index in [9.17, 15) is 8.78 Å². The molecule has 3 rings (SSSR count). The molecule has 0 radical (unpaired) electrons. The van der Waals surface area contributed by atoms with Crippen molar-refractivity contribution in [1.82, 2.24) is 15.5 Å². The molecule has 7 heteroatoms. The highest BCUT2D eigenvalue weighted by Crippen LogP contribution is 2.19. The Morgan fingerprint density at radius 3 is 2.75 bits per heavy atom. The zero-order valence-corrected chi connectivity index (χ0v) is 10.6. The molecule has 1 atom stereocenters. The summed E-state index contributed by atoms with van der Waals surface area (Å²) in [6.45, 7) is 2.04. The number of rotatable bonds is 3. The molecule has 1 aromatic heterocycles. The summed E-state index contributed by atoms with van der Waals surface area (Å²) >= 11 is 0. The van der Waals surface area contributed by atoms with Gasteiger partial charge >= 0.3 is 0 Å². The first-order chi connectivity index (χ1) is 9.70. The van der Waals surface area contributed by atoms with Gasteiger partial charge in [0.15, 0.2) is 0 Å². The average Bonchev–Trinajstić information content (AvgIpc) is 2.87. The highest BCUT2D eigenvalue weighted by atomic mass is 19.1. The van der Waals surface area contributed by atoms with E-state index < -0.39 is 11.6 Å². The van der Waals surface area contributed by atoms with E-state index in [1.807, 2.05) is 0 Å². The molecule has 20 heavy (non-hydrogen) atoms. The number of benzene rings is 1. The number of hydrogen-bond acceptors (Lipinski definition) is 5. The maximum atomic E-state index is 13.1. The zero-order chi connectivity index (χ0) is 13.9. The molecule has 2 aromatic rings. The number of morpholine rings is 1. The van der Waals surface area contributed by atoms with Crippen LogP contribution in [0.15, 0.2) is 22.7 Å². The molecule has 1 aromatic carbocycles. The Labute approximate surface area is 113 Å². The van der Waals surface area contributed by atoms with Crippen LogP contribution < -0.4 is 5.32 Å². The van der Waals surface area contributed by atoms with Gasteiger partial charge in [-0.3, -0.25) is 0 Å². The SMILES string of the molecule is Fc1cc(F)cc(-c2noc(CC3COCCN3)n2)c1. The number of ether oxygens (including phenoxy) is 1. The van der Waals surface area contributed by atoms with Crippen LogP contribution in [0.3, 0.4) is 0 Å². The second kappa shape index (κ2) is 5.64. The van der Waals surface area contributed by atoms with Crippen molar-refractivity contribution in [3.63, 3.8) is 0 Å². The van der Waals surface area contributed by atoms with Crippen LogP contribution in [-0.2, 0) is 11.2 Å². The molecule has 5 nitrogen and oxygen atoms in total. The molecule has 1 aliphatic rings. The fourth-order valence-corrected chi connectivity index (χ4v) is 2.10. The summed E-state index contributed by atoms with van der Waals surface area (Å²) < 4.78 is 36.7. The summed E-state index contributed by atoms with van der Waals surface area (Å²) in [7, 11) is 0. The Bertz CT molecular complexity index is 577. The van der Waals surface area contributed by atoms with Crippen LogP contribution in [0.5, 0.6) is 0 Å². The van der Waals surface area contributed by atoms with E-state index in [2.05, 4.69) is 15.5 Å². The van der Waals surface area contributed by atoms with E-state index >= 15 is 0 Å². The fourth-order valence-electron chi connectivity index (χ4n) is 2.10. The molecule has 0 spiro atoms. The normalized spacial score (nSPS) is 19.2. The van der Waals surface area contributed by atoms with Gasteiger partial charge in [-0.2, -0.15) is 4.98 Å². The first-order valence-corrected chi connectivity index (χ1v) is 6.31. The Balaban J connectivity index is 1.75. The third kappa shape index (κ3) is 3.00. The van der Waals surface area contributed by atoms with E-state index in [1.54, 1.807) is 0 Å². The number of nitrogens with zero attached hydrogens (tertiary/aromatic N) is 2. The Morgan fingerprint density at radius 2 is 2.05 bits per heavy atom. The van der Waals surface area contributed by atoms with E-state index in [0.717, 1.165) is 12.6 Å². The van der Waals surface area contributed by atoms with Crippen molar-refractivity contribution in [2.45, 2.75) is 12.5 Å². The third-order valence-corrected chi connectivity index (χ3v) is 3.01. The van der Waals surface area contributed by atoms with Crippen LogP contribution in [0, 0.1) is 11.6 Å². The van der Waals surface area contributed by atoms with E-state index in [4.69, 9.17) is 9.26 Å². The van der Waals surface area contributed by atoms with Crippen LogP contribution in [-0.4, -0.2) is 35.9 Å². The van der Waals surface area contributed by atoms with Gasteiger partial charge in [0.25, 0.3) is 0 Å². The maximum absolute atomic E-state index is 13.1. The minimum absolute atomic E-state index is 0.112. The Kier molecular flexibility index (Phi) is 3.70. The topological polar surface area (TPSA) is 60.2 Å². The lowest BCUT2D eigenvalue weighted by Gasteiger charge is -2.22. The van der Waals surface area contributed by atoms with Gasteiger partial charge in [0.1, 0.15) is 11.6 Å². The highest BCUT2D eigenvalue weighted by Gasteiger charge is 2.18. The van der Waals surface area contributed by atoms with Crippen molar-refractivity contribution < 1.29 is 18.0 Å². The Hall–Kier alpha value is -1.86. The van der Waals surface area contributed by atoms with Crippen LogP contribution in [0.2, 0.25) is 0 Å². The summed E-state index contributed by atoms with van der Waals surface area (Å²) in [6, 6.07) is 3.24. The van der Waals surface area contributed by atoms with Crippen molar-refractivity contribution in [2.24, 2.45) is 0 Å². The smallest absolute Gasteiger partial charge is 0.228 e. The van der Waals surface area contributed by atoms with Crippen molar-refractivity contribution >= 4 is 0 Å². The van der Waals surface area contributed by atoms with Gasteiger partial charge in [0, 0.05) is 30.6 Å². The minimum atomic E-state index is -0.673. The van der Waals surface area contributed by atoms with E-state index in [-0.39, 0.29) is 17.4 Å². The van der Waals surface area contributed by atoms with Gasteiger partial charge < -0.3 is 14.6 Å². The van der Waals surface area contributed by atoms with E-state index in [1.165, 1.54) is 12.1 Å². The van der Waals surface area contributed by atoms with Crippen molar-refractivity contribution in [1.29, 1.82) is 0 Å². The van der Waals surface area contributed by atoms with Gasteiger partial charge in [0.05, 0.1) is 13.2 Å². The quantitative estimate of drug-likeness (QED) is 0.925. The molecule has 1 fully saturated rings. The number of aromatic nitrogens is 2. The maximum Gasteiger partial charge on any atom is 0.228 e. The molecule has 0 saturated carbocycles. The largest absolute Gasteiger partial charge is 0.378 e. The van der Waals surface area contributed by atoms with Crippen LogP contribution in [0.25, 0.3) is 11.4 Å². The molecule has 2 heterocycles. The van der Waals surface area contributed by atoms with Crippen LogP contribution >= 0.6 is 0 Å². The van der Waals surface area contributed by atoms with Crippen molar-refractivity contribution in [3.8, 4) is 11.4 Å². The van der Waals surface area contributed by atoms with Crippen LogP contribution in [0.1, 0.15) is 5.89 Å². The summed E-state index contributed by atoms with van der Waals surface area (Å²) in [5.74, 6) is -0.759.